The first-order valence-corrected chi connectivity index (χ1v) is 7.29. The third-order valence-electron chi connectivity index (χ3n) is 3.70. The van der Waals surface area contributed by atoms with Crippen LogP contribution in [0.5, 0.6) is 0 Å². The monoisotopic (exact) mass is 302 g/mol. The number of anilines is 1. The van der Waals surface area contributed by atoms with Gasteiger partial charge in [0.25, 0.3) is 0 Å². The van der Waals surface area contributed by atoms with Crippen molar-refractivity contribution >= 4 is 33.5 Å². The summed E-state index contributed by atoms with van der Waals surface area (Å²) >= 11 is 0. The van der Waals surface area contributed by atoms with Crippen molar-refractivity contribution in [3.8, 4) is 0 Å². The Kier molecular flexibility index (Phi) is 3.16. The molecule has 112 valence electrons. The van der Waals surface area contributed by atoms with Gasteiger partial charge >= 0.3 is 6.03 Å². The number of para-hydroxylation sites is 2. The van der Waals surface area contributed by atoms with Crippen molar-refractivity contribution in [3.05, 3.63) is 73.1 Å². The standard InChI is InChI=1S/C18H14N4O/c23-18(21-22-12-10-13-5-1-2-9-16(13)22)20-15-8-3-6-14-7-4-11-19-17(14)15/h1-12H,(H2,20,21,23). The van der Waals surface area contributed by atoms with E-state index in [1.54, 1.807) is 10.9 Å². The number of nitrogens with one attached hydrogen (secondary N) is 2. The zero-order valence-electron chi connectivity index (χ0n) is 12.2. The Hall–Kier alpha value is -3.34. The van der Waals surface area contributed by atoms with Gasteiger partial charge in [-0.3, -0.25) is 9.66 Å². The highest BCUT2D eigenvalue weighted by Gasteiger charge is 2.08. The average Bonchev–Trinajstić information content (AvgIpc) is 2.98. The molecule has 0 atom stereocenters. The zero-order valence-corrected chi connectivity index (χ0v) is 12.2. The van der Waals surface area contributed by atoms with E-state index in [9.17, 15) is 4.79 Å². The van der Waals surface area contributed by atoms with E-state index >= 15 is 0 Å². The number of pyridine rings is 1. The minimum atomic E-state index is -0.315. The number of hydrogen-bond acceptors (Lipinski definition) is 2. The van der Waals surface area contributed by atoms with Gasteiger partial charge in [0, 0.05) is 23.2 Å². The minimum absolute atomic E-state index is 0.315. The van der Waals surface area contributed by atoms with Crippen molar-refractivity contribution < 1.29 is 4.79 Å². The molecule has 0 aliphatic heterocycles. The van der Waals surface area contributed by atoms with Crippen LogP contribution in [0.15, 0.2) is 73.1 Å². The third-order valence-corrected chi connectivity index (χ3v) is 3.70. The van der Waals surface area contributed by atoms with E-state index < -0.39 is 0 Å². The Morgan fingerprint density at radius 1 is 0.913 bits per heavy atom. The van der Waals surface area contributed by atoms with Crippen LogP contribution in [0.2, 0.25) is 0 Å². The maximum atomic E-state index is 12.3. The zero-order chi connectivity index (χ0) is 15.6. The summed E-state index contributed by atoms with van der Waals surface area (Å²) in [6.45, 7) is 0. The van der Waals surface area contributed by atoms with Crippen molar-refractivity contribution in [2.24, 2.45) is 0 Å². The first kappa shape index (κ1) is 13.3. The van der Waals surface area contributed by atoms with Crippen LogP contribution in [-0.4, -0.2) is 15.7 Å². The lowest BCUT2D eigenvalue weighted by Gasteiger charge is -2.11. The maximum Gasteiger partial charge on any atom is 0.338 e. The number of hydrogen-bond donors (Lipinski definition) is 2. The summed E-state index contributed by atoms with van der Waals surface area (Å²) in [4.78, 5) is 16.6. The summed E-state index contributed by atoms with van der Waals surface area (Å²) in [5, 5.41) is 4.91. The molecule has 0 unspecified atom stereocenters. The van der Waals surface area contributed by atoms with Gasteiger partial charge in [-0.2, -0.15) is 0 Å². The van der Waals surface area contributed by atoms with Crippen LogP contribution in [0.4, 0.5) is 10.5 Å². The van der Waals surface area contributed by atoms with E-state index in [0.29, 0.717) is 5.69 Å². The lowest BCUT2D eigenvalue weighted by Crippen LogP contribution is -2.27. The van der Waals surface area contributed by atoms with Gasteiger partial charge in [0.2, 0.25) is 0 Å². The Balaban J connectivity index is 1.60. The van der Waals surface area contributed by atoms with Gasteiger partial charge in [-0.05, 0) is 24.3 Å². The molecule has 2 aromatic carbocycles. The Labute approximate surface area is 132 Å². The van der Waals surface area contributed by atoms with Gasteiger partial charge in [0.05, 0.1) is 16.7 Å². The van der Waals surface area contributed by atoms with Gasteiger partial charge in [-0.1, -0.05) is 36.4 Å². The van der Waals surface area contributed by atoms with Gasteiger partial charge in [-0.15, -0.1) is 0 Å². The van der Waals surface area contributed by atoms with Crippen LogP contribution < -0.4 is 10.7 Å². The fraction of sp³-hybridized carbons (Fsp3) is 0. The molecular formula is C18H14N4O. The highest BCUT2D eigenvalue weighted by atomic mass is 16.2. The summed E-state index contributed by atoms with van der Waals surface area (Å²) < 4.78 is 1.70. The summed E-state index contributed by atoms with van der Waals surface area (Å²) in [6, 6.07) is 19.0. The van der Waals surface area contributed by atoms with E-state index in [4.69, 9.17) is 0 Å². The molecule has 2 heterocycles. The van der Waals surface area contributed by atoms with Crippen molar-refractivity contribution in [2.75, 3.05) is 10.7 Å². The number of carbonyl (C=O) groups is 1. The highest BCUT2D eigenvalue weighted by Crippen LogP contribution is 2.20. The molecule has 5 nitrogen and oxygen atoms in total. The number of aromatic nitrogens is 2. The lowest BCUT2D eigenvalue weighted by molar-refractivity contribution is 0.260. The van der Waals surface area contributed by atoms with Crippen molar-refractivity contribution in [2.45, 2.75) is 0 Å². The molecule has 5 heteroatoms. The van der Waals surface area contributed by atoms with Crippen LogP contribution in [0.1, 0.15) is 0 Å². The lowest BCUT2D eigenvalue weighted by atomic mass is 10.2. The number of benzene rings is 2. The van der Waals surface area contributed by atoms with E-state index in [1.165, 1.54) is 0 Å². The summed E-state index contributed by atoms with van der Waals surface area (Å²) in [7, 11) is 0. The number of nitrogens with zero attached hydrogens (tertiary/aromatic N) is 2. The molecule has 2 aromatic heterocycles. The Morgan fingerprint density at radius 2 is 1.74 bits per heavy atom. The average molecular weight is 302 g/mol. The molecule has 0 radical (unpaired) electrons. The summed E-state index contributed by atoms with van der Waals surface area (Å²) in [5.74, 6) is 0. The van der Waals surface area contributed by atoms with Crippen LogP contribution in [-0.2, 0) is 0 Å². The molecule has 23 heavy (non-hydrogen) atoms. The molecule has 4 aromatic rings. The van der Waals surface area contributed by atoms with Gasteiger partial charge in [0.1, 0.15) is 0 Å². The van der Waals surface area contributed by atoms with Crippen LogP contribution in [0.3, 0.4) is 0 Å². The van der Waals surface area contributed by atoms with E-state index in [2.05, 4.69) is 15.7 Å². The Morgan fingerprint density at radius 3 is 2.70 bits per heavy atom. The second-order valence-corrected chi connectivity index (χ2v) is 5.19. The molecule has 0 bridgehead atoms. The number of rotatable bonds is 2. The van der Waals surface area contributed by atoms with E-state index in [1.807, 2.05) is 66.9 Å². The highest BCUT2D eigenvalue weighted by molar-refractivity contribution is 6.02. The quantitative estimate of drug-likeness (QED) is 0.588. The topological polar surface area (TPSA) is 59.0 Å². The summed E-state index contributed by atoms with van der Waals surface area (Å²) in [5.41, 5.74) is 5.20. The fourth-order valence-corrected chi connectivity index (χ4v) is 2.65. The second kappa shape index (κ2) is 5.46. The second-order valence-electron chi connectivity index (χ2n) is 5.19. The largest absolute Gasteiger partial charge is 0.338 e. The number of urea groups is 1. The number of fused-ring (bicyclic) bond motifs is 2. The first-order valence-electron chi connectivity index (χ1n) is 7.29. The van der Waals surface area contributed by atoms with Crippen LogP contribution >= 0.6 is 0 Å². The number of amides is 2. The molecule has 0 aliphatic rings. The third kappa shape index (κ3) is 2.48. The van der Waals surface area contributed by atoms with Gasteiger partial charge in [-0.25, -0.2) is 10.2 Å². The SMILES string of the molecule is O=C(Nc1cccc2cccnc12)Nn1ccc2ccccc21. The minimum Gasteiger partial charge on any atom is -0.304 e. The molecule has 0 fully saturated rings. The fourth-order valence-electron chi connectivity index (χ4n) is 2.65. The maximum absolute atomic E-state index is 12.3. The molecular weight excluding hydrogens is 288 g/mol. The van der Waals surface area contributed by atoms with Gasteiger partial charge < -0.3 is 5.32 Å². The molecule has 4 rings (SSSR count). The smallest absolute Gasteiger partial charge is 0.304 e. The predicted molar refractivity (Wildman–Crippen MR) is 92.1 cm³/mol. The van der Waals surface area contributed by atoms with E-state index in [-0.39, 0.29) is 6.03 Å². The van der Waals surface area contributed by atoms with E-state index in [0.717, 1.165) is 21.8 Å². The Bertz CT molecular complexity index is 1000. The predicted octanol–water partition coefficient (Wildman–Crippen LogP) is 3.97. The molecule has 2 amide bonds. The van der Waals surface area contributed by atoms with Crippen molar-refractivity contribution in [3.63, 3.8) is 0 Å². The molecule has 2 N–H and O–H groups in total. The summed E-state index contributed by atoms with van der Waals surface area (Å²) in [6.07, 6.45) is 3.54. The molecule has 0 spiro atoms. The van der Waals surface area contributed by atoms with Gasteiger partial charge in [0.15, 0.2) is 0 Å². The normalized spacial score (nSPS) is 10.8. The van der Waals surface area contributed by atoms with Crippen molar-refractivity contribution in [1.29, 1.82) is 0 Å². The molecule has 0 saturated heterocycles. The number of carbonyl (C=O) groups excluding carboxylic acids is 1. The molecule has 0 saturated carbocycles. The van der Waals surface area contributed by atoms with Crippen LogP contribution in [0.25, 0.3) is 21.8 Å². The van der Waals surface area contributed by atoms with Crippen molar-refractivity contribution in [1.82, 2.24) is 9.66 Å². The molecule has 0 aliphatic carbocycles. The first-order chi connectivity index (χ1) is 11.3. The van der Waals surface area contributed by atoms with Crippen LogP contribution in [0, 0.1) is 0 Å².